The number of nitrogens with zero attached hydrogens (tertiary/aromatic N) is 2. The molecule has 246 valence electrons. The second-order valence-electron chi connectivity index (χ2n) is 12.0. The molecule has 0 radical (unpaired) electrons. The maximum Gasteiger partial charge on any atom is 0.243 e. The molecule has 0 aliphatic carbocycles. The number of ketones is 1. The van der Waals surface area contributed by atoms with E-state index in [2.05, 4.69) is 25.9 Å². The summed E-state index contributed by atoms with van der Waals surface area (Å²) in [5.41, 5.74) is 14.4. The number of aromatic nitrogens is 2. The molecular formula is C35H47N7O4. The highest BCUT2D eigenvalue weighted by Gasteiger charge is 2.31. The van der Waals surface area contributed by atoms with Gasteiger partial charge in [-0.2, -0.15) is 0 Å². The van der Waals surface area contributed by atoms with Gasteiger partial charge >= 0.3 is 0 Å². The Hall–Kier alpha value is -4.48. The van der Waals surface area contributed by atoms with Gasteiger partial charge in [0.1, 0.15) is 17.8 Å². The molecule has 3 rings (SSSR count). The predicted octanol–water partition coefficient (Wildman–Crippen LogP) is 2.41. The molecule has 1 heterocycles. The van der Waals surface area contributed by atoms with Gasteiger partial charge < -0.3 is 27.4 Å². The van der Waals surface area contributed by atoms with Gasteiger partial charge in [-0.3, -0.25) is 24.2 Å². The Bertz CT molecular complexity index is 1400. The molecule has 4 atom stereocenters. The standard InChI is InChI=1S/C35H47N7O4/c1-23(2)18-29(34(45)40-28(16-10-11-17-36)32(43)31-22-38-24(3)21-39-31)42-35(46)30(20-26-14-8-5-9-15-26)41-33(44)27(37)19-25-12-6-4-7-13-25/h4-9,12-15,21-23,27-30H,10-11,16-20,36-37H2,1-3H3,(H,40,45)(H,41,44)(H,42,46)/t27-,28-,29-,30-/m1/s1. The number of Topliss-reactive ketones (excluding diaryl/α,β-unsaturated/α-hetero) is 1. The number of nitrogens with two attached hydrogens (primary N) is 2. The summed E-state index contributed by atoms with van der Waals surface area (Å²) in [5, 5.41) is 8.52. The van der Waals surface area contributed by atoms with Gasteiger partial charge in [0.15, 0.2) is 0 Å². The van der Waals surface area contributed by atoms with Crippen molar-refractivity contribution in [3.8, 4) is 0 Å². The van der Waals surface area contributed by atoms with Crippen LogP contribution in [0.4, 0.5) is 0 Å². The molecule has 11 heteroatoms. The van der Waals surface area contributed by atoms with Gasteiger partial charge in [-0.15, -0.1) is 0 Å². The number of hydrogen-bond acceptors (Lipinski definition) is 8. The summed E-state index contributed by atoms with van der Waals surface area (Å²) in [7, 11) is 0. The smallest absolute Gasteiger partial charge is 0.243 e. The van der Waals surface area contributed by atoms with Crippen LogP contribution in [0.2, 0.25) is 0 Å². The number of benzene rings is 2. The number of amides is 3. The molecule has 2 aromatic carbocycles. The fourth-order valence-electron chi connectivity index (χ4n) is 5.01. The lowest BCUT2D eigenvalue weighted by Gasteiger charge is -2.27. The van der Waals surface area contributed by atoms with E-state index in [0.29, 0.717) is 44.3 Å². The van der Waals surface area contributed by atoms with Crippen molar-refractivity contribution in [2.75, 3.05) is 6.54 Å². The number of carbonyl (C=O) groups excluding carboxylic acids is 4. The van der Waals surface area contributed by atoms with Crippen LogP contribution >= 0.6 is 0 Å². The molecule has 3 aromatic rings. The summed E-state index contributed by atoms with van der Waals surface area (Å²) in [6.07, 6.45) is 5.35. The normalized spacial score (nSPS) is 13.7. The second-order valence-corrected chi connectivity index (χ2v) is 12.0. The number of unbranched alkanes of at least 4 members (excludes halogenated alkanes) is 1. The molecule has 46 heavy (non-hydrogen) atoms. The first-order valence-corrected chi connectivity index (χ1v) is 15.8. The maximum absolute atomic E-state index is 13.8. The summed E-state index contributed by atoms with van der Waals surface area (Å²) in [4.78, 5) is 62.5. The van der Waals surface area contributed by atoms with E-state index in [1.54, 1.807) is 6.92 Å². The summed E-state index contributed by atoms with van der Waals surface area (Å²) >= 11 is 0. The number of aryl methyl sites for hydroxylation is 1. The molecule has 3 amide bonds. The fourth-order valence-corrected chi connectivity index (χ4v) is 5.01. The van der Waals surface area contributed by atoms with Crippen molar-refractivity contribution in [3.05, 3.63) is 95.6 Å². The van der Waals surface area contributed by atoms with Crippen LogP contribution in [0.5, 0.6) is 0 Å². The third kappa shape index (κ3) is 11.8. The van der Waals surface area contributed by atoms with Gasteiger partial charge in [0.25, 0.3) is 0 Å². The Labute approximate surface area is 271 Å². The Morgan fingerprint density at radius 2 is 1.28 bits per heavy atom. The Morgan fingerprint density at radius 3 is 1.85 bits per heavy atom. The minimum atomic E-state index is -0.996. The lowest BCUT2D eigenvalue weighted by Crippen LogP contribution is -2.58. The quantitative estimate of drug-likeness (QED) is 0.105. The molecular weight excluding hydrogens is 582 g/mol. The van der Waals surface area contributed by atoms with Crippen molar-refractivity contribution >= 4 is 23.5 Å². The molecule has 0 saturated heterocycles. The van der Waals surface area contributed by atoms with Crippen LogP contribution < -0.4 is 27.4 Å². The molecule has 0 aliphatic heterocycles. The summed E-state index contributed by atoms with van der Waals surface area (Å²) in [6, 6.07) is 15.0. The van der Waals surface area contributed by atoms with Crippen LogP contribution in [0.25, 0.3) is 0 Å². The zero-order valence-corrected chi connectivity index (χ0v) is 26.9. The van der Waals surface area contributed by atoms with Crippen molar-refractivity contribution in [2.24, 2.45) is 17.4 Å². The van der Waals surface area contributed by atoms with Crippen LogP contribution in [0.3, 0.4) is 0 Å². The average Bonchev–Trinajstić information content (AvgIpc) is 3.04. The zero-order chi connectivity index (χ0) is 33.5. The highest BCUT2D eigenvalue weighted by atomic mass is 16.2. The van der Waals surface area contributed by atoms with Crippen LogP contribution in [0.1, 0.15) is 66.8 Å². The predicted molar refractivity (Wildman–Crippen MR) is 178 cm³/mol. The first-order valence-electron chi connectivity index (χ1n) is 15.8. The largest absolute Gasteiger partial charge is 0.344 e. The molecule has 1 aromatic heterocycles. The lowest BCUT2D eigenvalue weighted by atomic mass is 9.98. The molecule has 7 N–H and O–H groups in total. The van der Waals surface area contributed by atoms with Crippen molar-refractivity contribution in [1.82, 2.24) is 25.9 Å². The van der Waals surface area contributed by atoms with Gasteiger partial charge in [0, 0.05) is 12.6 Å². The molecule has 0 fully saturated rings. The third-order valence-electron chi connectivity index (χ3n) is 7.50. The van der Waals surface area contributed by atoms with Crippen molar-refractivity contribution in [1.29, 1.82) is 0 Å². The van der Waals surface area contributed by atoms with E-state index in [9.17, 15) is 19.2 Å². The van der Waals surface area contributed by atoms with Crippen molar-refractivity contribution in [3.63, 3.8) is 0 Å². The van der Waals surface area contributed by atoms with Crippen LogP contribution in [0, 0.1) is 12.8 Å². The van der Waals surface area contributed by atoms with Gasteiger partial charge in [-0.1, -0.05) is 74.5 Å². The van der Waals surface area contributed by atoms with Crippen LogP contribution in [0.15, 0.2) is 73.1 Å². The molecule has 0 aliphatic rings. The maximum atomic E-state index is 13.8. The summed E-state index contributed by atoms with van der Waals surface area (Å²) in [5.74, 6) is -1.84. The third-order valence-corrected chi connectivity index (χ3v) is 7.50. The van der Waals surface area contributed by atoms with E-state index < -0.39 is 41.9 Å². The molecule has 11 nitrogen and oxygen atoms in total. The van der Waals surface area contributed by atoms with Gasteiger partial charge in [-0.25, -0.2) is 4.98 Å². The minimum absolute atomic E-state index is 0.0341. The first-order chi connectivity index (χ1) is 22.1. The fraction of sp³-hybridized carbons (Fsp3) is 0.429. The highest BCUT2D eigenvalue weighted by Crippen LogP contribution is 2.12. The minimum Gasteiger partial charge on any atom is -0.344 e. The highest BCUT2D eigenvalue weighted by molar-refractivity contribution is 6.01. The Kier molecular flexibility index (Phi) is 14.5. The van der Waals surface area contributed by atoms with Crippen LogP contribution in [-0.4, -0.2) is 64.2 Å². The van der Waals surface area contributed by atoms with E-state index in [-0.39, 0.29) is 23.8 Å². The Balaban J connectivity index is 1.79. The zero-order valence-electron chi connectivity index (χ0n) is 26.9. The number of hydrogen-bond donors (Lipinski definition) is 5. The van der Waals surface area contributed by atoms with E-state index in [1.165, 1.54) is 12.4 Å². The summed E-state index contributed by atoms with van der Waals surface area (Å²) < 4.78 is 0. The first kappa shape index (κ1) is 36.0. The number of nitrogens with one attached hydrogen (secondary N) is 3. The van der Waals surface area contributed by atoms with E-state index in [0.717, 1.165) is 11.1 Å². The molecule has 0 saturated carbocycles. The second kappa shape index (κ2) is 18.5. The van der Waals surface area contributed by atoms with E-state index >= 15 is 0 Å². The monoisotopic (exact) mass is 629 g/mol. The van der Waals surface area contributed by atoms with Gasteiger partial charge in [0.2, 0.25) is 23.5 Å². The van der Waals surface area contributed by atoms with Crippen LogP contribution in [-0.2, 0) is 27.2 Å². The van der Waals surface area contributed by atoms with E-state index in [1.807, 2.05) is 74.5 Å². The van der Waals surface area contributed by atoms with Gasteiger partial charge in [-0.05, 0) is 62.6 Å². The van der Waals surface area contributed by atoms with Crippen molar-refractivity contribution < 1.29 is 19.2 Å². The lowest BCUT2D eigenvalue weighted by molar-refractivity contribution is -0.132. The SMILES string of the molecule is Cc1cnc(C(=O)[C@@H](CCCCN)NC(=O)[C@@H](CC(C)C)NC(=O)[C@@H](Cc2ccccc2)NC(=O)[C@H](N)Cc2ccccc2)cn1. The number of rotatable bonds is 18. The Morgan fingerprint density at radius 1 is 0.717 bits per heavy atom. The molecule has 0 bridgehead atoms. The topological polar surface area (TPSA) is 182 Å². The van der Waals surface area contributed by atoms with Gasteiger partial charge in [0.05, 0.1) is 24.0 Å². The molecule has 0 unspecified atom stereocenters. The summed E-state index contributed by atoms with van der Waals surface area (Å²) in [6.45, 7) is 6.09. The van der Waals surface area contributed by atoms with Crippen molar-refractivity contribution in [2.45, 2.75) is 83.5 Å². The van der Waals surface area contributed by atoms with E-state index in [4.69, 9.17) is 11.5 Å². The number of carbonyl (C=O) groups is 4. The average molecular weight is 630 g/mol. The molecule has 0 spiro atoms.